The maximum absolute atomic E-state index is 12.0. The second kappa shape index (κ2) is 10.0. The van der Waals surface area contributed by atoms with E-state index in [1.165, 1.54) is 19.4 Å². The monoisotopic (exact) mass is 374 g/mol. The van der Waals surface area contributed by atoms with Gasteiger partial charge in [-0.3, -0.25) is 9.59 Å². The molecule has 0 aliphatic heterocycles. The Hall–Kier alpha value is -3.29. The molecule has 1 amide bonds. The van der Waals surface area contributed by atoms with Crippen LogP contribution in [-0.4, -0.2) is 48.3 Å². The second-order valence-electron chi connectivity index (χ2n) is 5.64. The van der Waals surface area contributed by atoms with Gasteiger partial charge in [0.2, 0.25) is 0 Å². The molecule has 1 atom stereocenters. The summed E-state index contributed by atoms with van der Waals surface area (Å²) in [6.45, 7) is 1.79. The normalized spacial score (nSPS) is 11.3. The van der Waals surface area contributed by atoms with Gasteiger partial charge in [-0.05, 0) is 19.1 Å². The van der Waals surface area contributed by atoms with E-state index in [0.29, 0.717) is 13.0 Å². The minimum absolute atomic E-state index is 0.116. The van der Waals surface area contributed by atoms with E-state index in [-0.39, 0.29) is 24.1 Å². The molecule has 8 nitrogen and oxygen atoms in total. The van der Waals surface area contributed by atoms with E-state index < -0.39 is 17.6 Å². The fraction of sp³-hybridized carbons (Fsp3) is 0.316. The fourth-order valence-electron chi connectivity index (χ4n) is 2.19. The first-order valence-electron chi connectivity index (χ1n) is 8.38. The van der Waals surface area contributed by atoms with Crippen molar-refractivity contribution in [3.63, 3.8) is 0 Å². The summed E-state index contributed by atoms with van der Waals surface area (Å²) in [6.07, 6.45) is 1.45. The number of rotatable bonds is 9. The second-order valence-corrected chi connectivity index (χ2v) is 5.64. The predicted octanol–water partition coefficient (Wildman–Crippen LogP) is 1.93. The maximum atomic E-state index is 12.0. The van der Waals surface area contributed by atoms with Crippen LogP contribution in [0, 0.1) is 0 Å². The van der Waals surface area contributed by atoms with Crippen molar-refractivity contribution in [2.45, 2.75) is 19.4 Å². The van der Waals surface area contributed by atoms with Crippen molar-refractivity contribution in [3.8, 4) is 17.2 Å². The van der Waals surface area contributed by atoms with Crippen molar-refractivity contribution in [2.75, 3.05) is 20.3 Å². The van der Waals surface area contributed by atoms with Gasteiger partial charge in [0.05, 0.1) is 13.7 Å². The zero-order chi connectivity index (χ0) is 19.6. The van der Waals surface area contributed by atoms with E-state index in [4.69, 9.17) is 14.2 Å². The number of para-hydroxylation sites is 1. The number of aromatic hydroxyl groups is 1. The van der Waals surface area contributed by atoms with Gasteiger partial charge in [-0.25, -0.2) is 4.98 Å². The maximum Gasteiger partial charge on any atom is 0.325 e. The lowest BCUT2D eigenvalue weighted by molar-refractivity contribution is -0.147. The Kier molecular flexibility index (Phi) is 7.42. The molecule has 1 heterocycles. The van der Waals surface area contributed by atoms with Gasteiger partial charge in [0, 0.05) is 18.7 Å². The van der Waals surface area contributed by atoms with Gasteiger partial charge in [0.15, 0.2) is 17.2 Å². The Balaban J connectivity index is 1.73. The number of hydrogen-bond donors (Lipinski definition) is 2. The first-order valence-corrected chi connectivity index (χ1v) is 8.38. The summed E-state index contributed by atoms with van der Waals surface area (Å²) < 4.78 is 15.7. The Morgan fingerprint density at radius 2 is 1.96 bits per heavy atom. The van der Waals surface area contributed by atoms with Crippen molar-refractivity contribution in [1.29, 1.82) is 0 Å². The molecule has 0 saturated carbocycles. The number of nitrogens with one attached hydrogen (secondary N) is 1. The van der Waals surface area contributed by atoms with E-state index >= 15 is 0 Å². The highest BCUT2D eigenvalue weighted by molar-refractivity contribution is 5.97. The van der Waals surface area contributed by atoms with Crippen LogP contribution >= 0.6 is 0 Å². The molecule has 8 heteroatoms. The molecule has 0 radical (unpaired) electrons. The Morgan fingerprint density at radius 3 is 2.67 bits per heavy atom. The van der Waals surface area contributed by atoms with Crippen LogP contribution in [0.3, 0.4) is 0 Å². The Morgan fingerprint density at radius 1 is 1.22 bits per heavy atom. The number of esters is 1. The molecule has 0 spiro atoms. The van der Waals surface area contributed by atoms with Crippen LogP contribution in [0.25, 0.3) is 0 Å². The molecule has 0 aliphatic carbocycles. The number of hydrogen-bond acceptors (Lipinski definition) is 7. The molecule has 27 heavy (non-hydrogen) atoms. The molecule has 144 valence electrons. The smallest absolute Gasteiger partial charge is 0.325 e. The van der Waals surface area contributed by atoms with Crippen molar-refractivity contribution in [2.24, 2.45) is 0 Å². The van der Waals surface area contributed by atoms with Crippen molar-refractivity contribution in [1.82, 2.24) is 10.3 Å². The van der Waals surface area contributed by atoms with Gasteiger partial charge in [-0.2, -0.15) is 0 Å². The van der Waals surface area contributed by atoms with Gasteiger partial charge in [-0.15, -0.1) is 0 Å². The van der Waals surface area contributed by atoms with Crippen LogP contribution in [0.2, 0.25) is 0 Å². The van der Waals surface area contributed by atoms with Crippen LogP contribution in [0.1, 0.15) is 23.8 Å². The summed E-state index contributed by atoms with van der Waals surface area (Å²) in [5.41, 5.74) is -0.230. The van der Waals surface area contributed by atoms with Crippen LogP contribution in [0.15, 0.2) is 42.6 Å². The number of amides is 1. The zero-order valence-corrected chi connectivity index (χ0v) is 15.2. The average Bonchev–Trinajstić information content (AvgIpc) is 2.67. The molecular formula is C19H22N2O6. The largest absolute Gasteiger partial charge is 0.503 e. The molecule has 0 aliphatic rings. The summed E-state index contributed by atoms with van der Waals surface area (Å²) in [5.74, 6) is -0.836. The lowest BCUT2D eigenvalue weighted by Crippen LogP contribution is -2.33. The first kappa shape index (κ1) is 20.0. The lowest BCUT2D eigenvalue weighted by Gasteiger charge is -2.14. The summed E-state index contributed by atoms with van der Waals surface area (Å²) >= 11 is 0. The summed E-state index contributed by atoms with van der Waals surface area (Å²) in [4.78, 5) is 27.7. The van der Waals surface area contributed by atoms with E-state index in [2.05, 4.69) is 10.3 Å². The predicted molar refractivity (Wildman–Crippen MR) is 96.9 cm³/mol. The molecule has 2 rings (SSSR count). The number of pyridine rings is 1. The highest BCUT2D eigenvalue weighted by Gasteiger charge is 2.18. The van der Waals surface area contributed by atoms with Crippen molar-refractivity contribution in [3.05, 3.63) is 48.3 Å². The number of aromatic nitrogens is 1. The van der Waals surface area contributed by atoms with Gasteiger partial charge < -0.3 is 24.6 Å². The quantitative estimate of drug-likeness (QED) is 0.646. The number of benzene rings is 1. The molecule has 1 aromatic heterocycles. The zero-order valence-electron chi connectivity index (χ0n) is 15.2. The van der Waals surface area contributed by atoms with Gasteiger partial charge in [0.1, 0.15) is 18.4 Å². The van der Waals surface area contributed by atoms with E-state index in [9.17, 15) is 14.7 Å². The highest BCUT2D eigenvalue weighted by atomic mass is 16.5. The minimum Gasteiger partial charge on any atom is -0.503 e. The van der Waals surface area contributed by atoms with Crippen LogP contribution in [0.5, 0.6) is 17.2 Å². The molecular weight excluding hydrogens is 352 g/mol. The van der Waals surface area contributed by atoms with Gasteiger partial charge in [0.25, 0.3) is 5.91 Å². The minimum atomic E-state index is -0.705. The van der Waals surface area contributed by atoms with E-state index in [0.717, 1.165) is 5.75 Å². The Labute approximate surface area is 157 Å². The van der Waals surface area contributed by atoms with E-state index in [1.807, 2.05) is 30.3 Å². The van der Waals surface area contributed by atoms with Gasteiger partial charge in [-0.1, -0.05) is 18.2 Å². The highest BCUT2D eigenvalue weighted by Crippen LogP contribution is 2.27. The summed E-state index contributed by atoms with van der Waals surface area (Å²) in [6, 6.07) is 10.7. The number of nitrogens with zero attached hydrogens (tertiary/aromatic N) is 1. The molecule has 1 aromatic carbocycles. The molecule has 1 unspecified atom stereocenters. The van der Waals surface area contributed by atoms with Crippen molar-refractivity contribution < 1.29 is 28.9 Å². The third-order valence-corrected chi connectivity index (χ3v) is 3.58. The standard InChI is InChI=1S/C19H22N2O6/c1-13(9-11-26-14-6-4-3-5-7-14)27-16(22)12-21-19(24)17-18(23)15(25-2)8-10-20-17/h3-8,10,13,23H,9,11-12H2,1-2H3,(H,21,24). The van der Waals surface area contributed by atoms with Crippen LogP contribution in [-0.2, 0) is 9.53 Å². The average molecular weight is 374 g/mol. The molecule has 2 aromatic rings. The number of ether oxygens (including phenoxy) is 3. The van der Waals surface area contributed by atoms with Crippen molar-refractivity contribution >= 4 is 11.9 Å². The summed E-state index contributed by atoms with van der Waals surface area (Å²) in [5, 5.41) is 12.2. The molecule has 0 fully saturated rings. The number of carbonyl (C=O) groups excluding carboxylic acids is 2. The molecule has 0 saturated heterocycles. The fourth-order valence-corrected chi connectivity index (χ4v) is 2.19. The van der Waals surface area contributed by atoms with Crippen LogP contribution in [0.4, 0.5) is 0 Å². The third kappa shape index (κ3) is 6.18. The van der Waals surface area contributed by atoms with Crippen LogP contribution < -0.4 is 14.8 Å². The lowest BCUT2D eigenvalue weighted by atomic mass is 10.3. The molecule has 2 N–H and O–H groups in total. The number of carbonyl (C=O) groups is 2. The number of methoxy groups -OCH3 is 1. The van der Waals surface area contributed by atoms with Gasteiger partial charge >= 0.3 is 5.97 Å². The van der Waals surface area contributed by atoms with E-state index in [1.54, 1.807) is 6.92 Å². The SMILES string of the molecule is COc1ccnc(C(=O)NCC(=O)OC(C)CCOc2ccccc2)c1O. The topological polar surface area (TPSA) is 107 Å². The summed E-state index contributed by atoms with van der Waals surface area (Å²) in [7, 11) is 1.36. The Bertz CT molecular complexity index is 766. The molecule has 0 bridgehead atoms. The first-order chi connectivity index (χ1) is 13.0. The third-order valence-electron chi connectivity index (χ3n) is 3.58.